The van der Waals surface area contributed by atoms with Crippen molar-refractivity contribution < 1.29 is 0 Å². The lowest BCUT2D eigenvalue weighted by Gasteiger charge is -2.23. The predicted molar refractivity (Wildman–Crippen MR) is 90.1 cm³/mol. The van der Waals surface area contributed by atoms with Gasteiger partial charge in [-0.25, -0.2) is 0 Å². The molecule has 4 heteroatoms. The van der Waals surface area contributed by atoms with Crippen molar-refractivity contribution in [3.05, 3.63) is 28.5 Å². The van der Waals surface area contributed by atoms with Crippen LogP contribution >= 0.6 is 15.9 Å². The summed E-state index contributed by atoms with van der Waals surface area (Å²) in [7, 11) is 0. The summed E-state index contributed by atoms with van der Waals surface area (Å²) in [6.45, 7) is 11.2. The van der Waals surface area contributed by atoms with Gasteiger partial charge in [-0.1, -0.05) is 20.8 Å². The molecule has 0 amide bonds. The van der Waals surface area contributed by atoms with E-state index in [0.717, 1.165) is 37.1 Å². The maximum Gasteiger partial charge on any atom is 0.0419 e. The first-order valence-electron chi connectivity index (χ1n) is 7.75. The van der Waals surface area contributed by atoms with Gasteiger partial charge < -0.3 is 10.2 Å². The van der Waals surface area contributed by atoms with Gasteiger partial charge >= 0.3 is 0 Å². The molecule has 1 unspecified atom stereocenters. The lowest BCUT2D eigenvalue weighted by Crippen LogP contribution is -2.36. The van der Waals surface area contributed by atoms with Gasteiger partial charge in [0.1, 0.15) is 0 Å². The van der Waals surface area contributed by atoms with E-state index in [2.05, 4.69) is 64.0 Å². The average Bonchev–Trinajstić information content (AvgIpc) is 2.47. The third kappa shape index (κ3) is 6.82. The second kappa shape index (κ2) is 10.3. The Morgan fingerprint density at radius 3 is 2.55 bits per heavy atom. The van der Waals surface area contributed by atoms with E-state index in [9.17, 15) is 0 Å². The molecule has 0 saturated carbocycles. The van der Waals surface area contributed by atoms with Gasteiger partial charge in [0.05, 0.1) is 0 Å². The zero-order chi connectivity index (χ0) is 14.8. The molecule has 0 saturated heterocycles. The van der Waals surface area contributed by atoms with E-state index in [1.54, 1.807) is 0 Å². The highest BCUT2D eigenvalue weighted by Gasteiger charge is 2.11. The van der Waals surface area contributed by atoms with Crippen LogP contribution in [0.25, 0.3) is 0 Å². The molecule has 0 aliphatic carbocycles. The lowest BCUT2D eigenvalue weighted by molar-refractivity contribution is 0.280. The largest absolute Gasteiger partial charge is 0.314 e. The summed E-state index contributed by atoms with van der Waals surface area (Å²) in [6.07, 6.45) is 5.25. The maximum atomic E-state index is 4.49. The summed E-state index contributed by atoms with van der Waals surface area (Å²) in [6, 6.07) is 4.70. The molecular formula is C16H28BrN3. The second-order valence-corrected chi connectivity index (χ2v) is 6.05. The van der Waals surface area contributed by atoms with E-state index in [1.165, 1.54) is 18.5 Å². The minimum atomic E-state index is 0.518. The Hall–Kier alpha value is -0.450. The molecule has 1 N–H and O–H groups in total. The Bertz CT molecular complexity index is 349. The summed E-state index contributed by atoms with van der Waals surface area (Å²) in [5.41, 5.74) is 1.17. The summed E-state index contributed by atoms with van der Waals surface area (Å²) in [5.74, 6) is 0. The Kier molecular flexibility index (Phi) is 9.07. The highest BCUT2D eigenvalue weighted by Crippen LogP contribution is 2.10. The molecule has 0 bridgehead atoms. The van der Waals surface area contributed by atoms with E-state index in [0.29, 0.717) is 6.04 Å². The van der Waals surface area contributed by atoms with E-state index in [-0.39, 0.29) is 0 Å². The molecule has 1 aromatic rings. The first kappa shape index (κ1) is 17.6. The maximum absolute atomic E-state index is 4.49. The number of pyridine rings is 1. The van der Waals surface area contributed by atoms with Crippen molar-refractivity contribution in [2.24, 2.45) is 0 Å². The molecule has 3 nitrogen and oxygen atoms in total. The molecule has 20 heavy (non-hydrogen) atoms. The van der Waals surface area contributed by atoms with E-state index >= 15 is 0 Å². The topological polar surface area (TPSA) is 28.2 Å². The van der Waals surface area contributed by atoms with Crippen LogP contribution in [-0.2, 0) is 6.42 Å². The molecule has 0 aromatic carbocycles. The molecule has 1 aromatic heterocycles. The second-order valence-electron chi connectivity index (χ2n) is 5.14. The quantitative estimate of drug-likeness (QED) is 0.706. The van der Waals surface area contributed by atoms with Crippen molar-refractivity contribution in [2.45, 2.75) is 46.1 Å². The highest BCUT2D eigenvalue weighted by atomic mass is 79.9. The fourth-order valence-electron chi connectivity index (χ4n) is 2.28. The number of hydrogen-bond acceptors (Lipinski definition) is 3. The van der Waals surface area contributed by atoms with E-state index in [1.807, 2.05) is 6.20 Å². The van der Waals surface area contributed by atoms with Crippen LogP contribution in [-0.4, -0.2) is 42.1 Å². The highest BCUT2D eigenvalue weighted by molar-refractivity contribution is 9.10. The number of halogens is 1. The van der Waals surface area contributed by atoms with Crippen LogP contribution in [0.2, 0.25) is 0 Å². The van der Waals surface area contributed by atoms with Crippen LogP contribution < -0.4 is 5.32 Å². The molecule has 0 aliphatic rings. The van der Waals surface area contributed by atoms with Crippen molar-refractivity contribution in [2.75, 3.05) is 26.2 Å². The number of nitrogens with one attached hydrogen (secondary N) is 1. The predicted octanol–water partition coefficient (Wildman–Crippen LogP) is 3.49. The van der Waals surface area contributed by atoms with Crippen molar-refractivity contribution in [3.63, 3.8) is 0 Å². The first-order chi connectivity index (χ1) is 9.69. The van der Waals surface area contributed by atoms with Gasteiger partial charge in [-0.15, -0.1) is 0 Å². The molecule has 1 atom stereocenters. The van der Waals surface area contributed by atoms with E-state index < -0.39 is 0 Å². The van der Waals surface area contributed by atoms with Gasteiger partial charge in [0.2, 0.25) is 0 Å². The standard InChI is InChI=1S/C16H28BrN3/c1-4-10-18-16(9-11-20(5-2)6-3)12-15-8-7-14(17)13-19-15/h7-8,13,16,18H,4-6,9-12H2,1-3H3. The fraction of sp³-hybridized carbons (Fsp3) is 0.688. The van der Waals surface area contributed by atoms with Crippen molar-refractivity contribution in [1.82, 2.24) is 15.2 Å². The Labute approximate surface area is 132 Å². The number of nitrogens with zero attached hydrogens (tertiary/aromatic N) is 2. The van der Waals surface area contributed by atoms with Crippen molar-refractivity contribution in [1.29, 1.82) is 0 Å². The summed E-state index contributed by atoms with van der Waals surface area (Å²) >= 11 is 3.44. The minimum Gasteiger partial charge on any atom is -0.314 e. The smallest absolute Gasteiger partial charge is 0.0419 e. The molecule has 0 aliphatic heterocycles. The average molecular weight is 342 g/mol. The monoisotopic (exact) mass is 341 g/mol. The van der Waals surface area contributed by atoms with Crippen LogP contribution in [0, 0.1) is 0 Å². The molecule has 114 valence electrons. The zero-order valence-corrected chi connectivity index (χ0v) is 14.6. The normalized spacial score (nSPS) is 12.8. The van der Waals surface area contributed by atoms with Crippen molar-refractivity contribution in [3.8, 4) is 0 Å². The summed E-state index contributed by atoms with van der Waals surface area (Å²) < 4.78 is 1.04. The molecule has 1 heterocycles. The fourth-order valence-corrected chi connectivity index (χ4v) is 2.52. The molecule has 0 spiro atoms. The summed E-state index contributed by atoms with van der Waals surface area (Å²) in [5, 5.41) is 3.66. The van der Waals surface area contributed by atoms with Gasteiger partial charge in [-0.2, -0.15) is 0 Å². The Balaban J connectivity index is 2.52. The lowest BCUT2D eigenvalue weighted by atomic mass is 10.1. The summed E-state index contributed by atoms with van der Waals surface area (Å²) in [4.78, 5) is 6.97. The molecule has 1 rings (SSSR count). The van der Waals surface area contributed by atoms with Crippen LogP contribution in [0.1, 0.15) is 39.3 Å². The van der Waals surface area contributed by atoms with E-state index in [4.69, 9.17) is 0 Å². The zero-order valence-electron chi connectivity index (χ0n) is 13.0. The number of hydrogen-bond donors (Lipinski definition) is 1. The molecule has 0 radical (unpaired) electrons. The SMILES string of the molecule is CCCNC(CCN(CC)CC)Cc1ccc(Br)cn1. The van der Waals surface area contributed by atoms with Crippen LogP contribution in [0.4, 0.5) is 0 Å². The molecular weight excluding hydrogens is 314 g/mol. The van der Waals surface area contributed by atoms with Gasteiger partial charge in [-0.3, -0.25) is 4.98 Å². The third-order valence-electron chi connectivity index (χ3n) is 3.62. The van der Waals surface area contributed by atoms with Gasteiger partial charge in [0, 0.05) is 28.8 Å². The van der Waals surface area contributed by atoms with Crippen molar-refractivity contribution >= 4 is 15.9 Å². The first-order valence-corrected chi connectivity index (χ1v) is 8.55. The third-order valence-corrected chi connectivity index (χ3v) is 4.08. The molecule has 0 fully saturated rings. The van der Waals surface area contributed by atoms with Gasteiger partial charge in [0.25, 0.3) is 0 Å². The van der Waals surface area contributed by atoms with Crippen LogP contribution in [0.15, 0.2) is 22.8 Å². The Morgan fingerprint density at radius 1 is 1.25 bits per heavy atom. The number of rotatable bonds is 10. The Morgan fingerprint density at radius 2 is 2.00 bits per heavy atom. The van der Waals surface area contributed by atoms with Crippen LogP contribution in [0.5, 0.6) is 0 Å². The van der Waals surface area contributed by atoms with Gasteiger partial charge in [0.15, 0.2) is 0 Å². The minimum absolute atomic E-state index is 0.518. The number of aromatic nitrogens is 1. The van der Waals surface area contributed by atoms with Crippen LogP contribution in [0.3, 0.4) is 0 Å². The van der Waals surface area contributed by atoms with Gasteiger partial charge in [-0.05, 0) is 67.1 Å².